The topological polar surface area (TPSA) is 47.6 Å². The van der Waals surface area contributed by atoms with E-state index in [-0.39, 0.29) is 22.5 Å². The Balaban J connectivity index is 1.65. The van der Waals surface area contributed by atoms with Gasteiger partial charge in [0.05, 0.1) is 29.5 Å². The molecule has 0 radical (unpaired) electrons. The van der Waals surface area contributed by atoms with Crippen LogP contribution in [0.5, 0.6) is 0 Å². The summed E-state index contributed by atoms with van der Waals surface area (Å²) in [6.45, 7) is 1.10. The van der Waals surface area contributed by atoms with Crippen LogP contribution in [0.1, 0.15) is 31.2 Å². The molecule has 1 aliphatic carbocycles. The van der Waals surface area contributed by atoms with Crippen LogP contribution in [-0.4, -0.2) is 24.9 Å². The highest BCUT2D eigenvalue weighted by molar-refractivity contribution is 6.33. The van der Waals surface area contributed by atoms with Gasteiger partial charge in [-0.25, -0.2) is 0 Å². The molecule has 0 atom stereocenters. The molecule has 1 aromatic rings. The second-order valence-corrected chi connectivity index (χ2v) is 6.47. The van der Waals surface area contributed by atoms with Gasteiger partial charge in [-0.1, -0.05) is 11.6 Å². The Morgan fingerprint density at radius 2 is 1.83 bits per heavy atom. The number of alkyl halides is 3. The summed E-state index contributed by atoms with van der Waals surface area (Å²) >= 11 is 5.91. The van der Waals surface area contributed by atoms with Crippen molar-refractivity contribution in [2.24, 2.45) is 5.92 Å². The molecule has 2 aliphatic rings. The Bertz CT molecular complexity index is 619. The number of anilines is 1. The van der Waals surface area contributed by atoms with Crippen LogP contribution in [-0.2, 0) is 20.4 Å². The summed E-state index contributed by atoms with van der Waals surface area (Å²) in [5, 5.41) is 2.59. The summed E-state index contributed by atoms with van der Waals surface area (Å²) in [7, 11) is 0. The lowest BCUT2D eigenvalue weighted by molar-refractivity contribution is -0.183. The van der Waals surface area contributed by atoms with E-state index in [0.717, 1.165) is 18.2 Å². The average Bonchev–Trinajstić information content (AvgIpc) is 2.97. The van der Waals surface area contributed by atoms with Gasteiger partial charge in [0.1, 0.15) is 0 Å². The summed E-state index contributed by atoms with van der Waals surface area (Å²) in [6.07, 6.45) is -2.17. The van der Waals surface area contributed by atoms with Crippen LogP contribution >= 0.6 is 11.6 Å². The molecule has 1 N–H and O–H groups in total. The highest BCUT2D eigenvalue weighted by Gasteiger charge is 2.42. The minimum Gasteiger partial charge on any atom is -0.348 e. The van der Waals surface area contributed by atoms with Crippen molar-refractivity contribution < 1.29 is 27.4 Å². The molecule has 24 heavy (non-hydrogen) atoms. The monoisotopic (exact) mass is 363 g/mol. The second-order valence-electron chi connectivity index (χ2n) is 6.06. The smallest absolute Gasteiger partial charge is 0.348 e. The van der Waals surface area contributed by atoms with Crippen LogP contribution in [0.25, 0.3) is 0 Å². The number of carbonyl (C=O) groups is 1. The Kier molecular flexibility index (Phi) is 4.77. The van der Waals surface area contributed by atoms with E-state index in [1.54, 1.807) is 0 Å². The second kappa shape index (κ2) is 6.54. The van der Waals surface area contributed by atoms with Crippen molar-refractivity contribution in [1.29, 1.82) is 0 Å². The molecule has 8 heteroatoms. The molecule has 1 aliphatic heterocycles. The zero-order chi connectivity index (χ0) is 17.4. The van der Waals surface area contributed by atoms with Gasteiger partial charge >= 0.3 is 6.18 Å². The Labute approximate surface area is 142 Å². The molecular weight excluding hydrogens is 347 g/mol. The first kappa shape index (κ1) is 17.5. The molecule has 1 spiro atoms. The lowest BCUT2D eigenvalue weighted by atomic mass is 9.84. The largest absolute Gasteiger partial charge is 0.416 e. The molecule has 1 heterocycles. The molecule has 3 rings (SSSR count). The average molecular weight is 364 g/mol. The maximum Gasteiger partial charge on any atom is 0.416 e. The van der Waals surface area contributed by atoms with Crippen LogP contribution in [0.3, 0.4) is 0 Å². The van der Waals surface area contributed by atoms with E-state index in [9.17, 15) is 18.0 Å². The van der Waals surface area contributed by atoms with Gasteiger partial charge < -0.3 is 14.8 Å². The van der Waals surface area contributed by atoms with E-state index in [1.807, 2.05) is 0 Å². The standard InChI is InChI=1S/C16H17ClF3NO3/c17-12-2-1-11(16(18,19)20)9-13(12)21-14(22)10-3-5-15(6-4-10)23-7-8-24-15/h1-2,9-10H,3-8H2,(H,21,22). The van der Waals surface area contributed by atoms with Crippen LogP contribution in [0.2, 0.25) is 5.02 Å². The number of rotatable bonds is 2. The van der Waals surface area contributed by atoms with Gasteiger partial charge in [-0.3, -0.25) is 4.79 Å². The van der Waals surface area contributed by atoms with E-state index >= 15 is 0 Å². The van der Waals surface area contributed by atoms with Crippen molar-refractivity contribution in [2.75, 3.05) is 18.5 Å². The van der Waals surface area contributed by atoms with Gasteiger partial charge in [0.25, 0.3) is 0 Å². The fourth-order valence-electron chi connectivity index (χ4n) is 3.14. The number of halogens is 4. The first-order valence-corrected chi connectivity index (χ1v) is 8.12. The van der Waals surface area contributed by atoms with Crippen LogP contribution < -0.4 is 5.32 Å². The molecule has 1 saturated carbocycles. The number of amides is 1. The molecule has 2 fully saturated rings. The number of nitrogens with one attached hydrogen (secondary N) is 1. The normalized spacial score (nSPS) is 21.2. The molecule has 1 saturated heterocycles. The molecule has 132 valence electrons. The minimum atomic E-state index is -4.49. The number of benzene rings is 1. The predicted octanol–water partition coefficient (Wildman–Crippen LogP) is 4.23. The Hall–Kier alpha value is -1.31. The predicted molar refractivity (Wildman–Crippen MR) is 81.7 cm³/mol. The van der Waals surface area contributed by atoms with Crippen molar-refractivity contribution in [1.82, 2.24) is 0 Å². The molecule has 1 amide bonds. The number of carbonyl (C=O) groups excluding carboxylic acids is 1. The summed E-state index contributed by atoms with van der Waals surface area (Å²) in [6, 6.07) is 2.88. The highest BCUT2D eigenvalue weighted by Crippen LogP contribution is 2.39. The van der Waals surface area contributed by atoms with Crippen molar-refractivity contribution in [2.45, 2.75) is 37.6 Å². The van der Waals surface area contributed by atoms with Crippen molar-refractivity contribution >= 4 is 23.2 Å². The van der Waals surface area contributed by atoms with Crippen LogP contribution in [0.4, 0.5) is 18.9 Å². The van der Waals surface area contributed by atoms with Gasteiger partial charge in [-0.15, -0.1) is 0 Å². The summed E-state index contributed by atoms with van der Waals surface area (Å²) < 4.78 is 49.5. The highest BCUT2D eigenvalue weighted by atomic mass is 35.5. The van der Waals surface area contributed by atoms with E-state index < -0.39 is 17.5 Å². The van der Waals surface area contributed by atoms with Gasteiger partial charge in [0, 0.05) is 18.8 Å². The van der Waals surface area contributed by atoms with Crippen molar-refractivity contribution in [3.63, 3.8) is 0 Å². The summed E-state index contributed by atoms with van der Waals surface area (Å²) in [4.78, 5) is 12.4. The molecule has 0 bridgehead atoms. The zero-order valence-electron chi connectivity index (χ0n) is 12.8. The summed E-state index contributed by atoms with van der Waals surface area (Å²) in [5.41, 5.74) is -0.873. The van der Waals surface area contributed by atoms with Crippen LogP contribution in [0.15, 0.2) is 18.2 Å². The molecule has 1 aromatic carbocycles. The molecule has 4 nitrogen and oxygen atoms in total. The number of hydrogen-bond donors (Lipinski definition) is 1. The maximum absolute atomic E-state index is 12.8. The first-order chi connectivity index (χ1) is 11.3. The molecule has 0 unspecified atom stereocenters. The Morgan fingerprint density at radius 3 is 2.42 bits per heavy atom. The van der Waals surface area contributed by atoms with Gasteiger partial charge in [0.15, 0.2) is 5.79 Å². The fourth-order valence-corrected chi connectivity index (χ4v) is 3.30. The fraction of sp³-hybridized carbons (Fsp3) is 0.562. The van der Waals surface area contributed by atoms with Gasteiger partial charge in [0.2, 0.25) is 5.91 Å². The molecule has 0 aromatic heterocycles. The lowest BCUT2D eigenvalue weighted by Crippen LogP contribution is -2.38. The van der Waals surface area contributed by atoms with Gasteiger partial charge in [-0.2, -0.15) is 13.2 Å². The van der Waals surface area contributed by atoms with E-state index in [2.05, 4.69) is 5.32 Å². The number of ether oxygens (including phenoxy) is 2. The van der Waals surface area contributed by atoms with Crippen molar-refractivity contribution in [3.05, 3.63) is 28.8 Å². The third kappa shape index (κ3) is 3.68. The quantitative estimate of drug-likeness (QED) is 0.855. The number of hydrogen-bond acceptors (Lipinski definition) is 3. The van der Waals surface area contributed by atoms with E-state index in [1.165, 1.54) is 0 Å². The first-order valence-electron chi connectivity index (χ1n) is 7.75. The van der Waals surface area contributed by atoms with Crippen LogP contribution in [0, 0.1) is 5.92 Å². The molecular formula is C16H17ClF3NO3. The van der Waals surface area contributed by atoms with E-state index in [4.69, 9.17) is 21.1 Å². The zero-order valence-corrected chi connectivity index (χ0v) is 13.5. The maximum atomic E-state index is 12.8. The summed E-state index contributed by atoms with van der Waals surface area (Å²) in [5.74, 6) is -1.21. The SMILES string of the molecule is O=C(Nc1cc(C(F)(F)F)ccc1Cl)C1CCC2(CC1)OCCO2. The third-order valence-corrected chi connectivity index (χ3v) is 4.81. The van der Waals surface area contributed by atoms with Gasteiger partial charge in [-0.05, 0) is 31.0 Å². The Morgan fingerprint density at radius 1 is 1.21 bits per heavy atom. The van der Waals surface area contributed by atoms with Crippen molar-refractivity contribution in [3.8, 4) is 0 Å². The lowest BCUT2D eigenvalue weighted by Gasteiger charge is -2.34. The third-order valence-electron chi connectivity index (χ3n) is 4.48. The minimum absolute atomic E-state index is 0.0230. The van der Waals surface area contributed by atoms with E-state index in [0.29, 0.717) is 38.9 Å².